The molecule has 2 atom stereocenters. The van der Waals surface area contributed by atoms with E-state index in [-0.39, 0.29) is 11.9 Å². The molecule has 1 N–H and O–H groups in total. The molecule has 104 valence electrons. The van der Waals surface area contributed by atoms with Crippen LogP contribution in [0.1, 0.15) is 47.7 Å². The normalized spacial score (nSPS) is 18.9. The van der Waals surface area contributed by atoms with Crippen molar-refractivity contribution in [1.29, 1.82) is 0 Å². The van der Waals surface area contributed by atoms with Gasteiger partial charge in [-0.1, -0.05) is 35.9 Å². The van der Waals surface area contributed by atoms with E-state index in [1.165, 1.54) is 28.8 Å². The van der Waals surface area contributed by atoms with E-state index in [0.29, 0.717) is 6.04 Å². The lowest BCUT2D eigenvalue weighted by Crippen LogP contribution is -2.23. The molecule has 0 heterocycles. The quantitative estimate of drug-likeness (QED) is 0.866. The predicted molar refractivity (Wildman–Crippen MR) is 80.2 cm³/mol. The average molecular weight is 269 g/mol. The average Bonchev–Trinajstić information content (AvgIpc) is 2.82. The first kappa shape index (κ1) is 13.3. The van der Waals surface area contributed by atoms with Gasteiger partial charge >= 0.3 is 0 Å². The second-order valence-electron chi connectivity index (χ2n) is 5.73. The van der Waals surface area contributed by atoms with E-state index in [1.807, 2.05) is 12.1 Å². The predicted octanol–water partition coefficient (Wildman–Crippen LogP) is 4.47. The Kier molecular flexibility index (Phi) is 3.58. The molecule has 2 heteroatoms. The Morgan fingerprint density at radius 2 is 1.90 bits per heavy atom. The van der Waals surface area contributed by atoms with Crippen LogP contribution in [0.3, 0.4) is 0 Å². The largest absolute Gasteiger partial charge is 0.303 e. The summed E-state index contributed by atoms with van der Waals surface area (Å²) in [6.45, 7) is 4.28. The summed E-state index contributed by atoms with van der Waals surface area (Å²) in [5.41, 5.74) is 5.33. The van der Waals surface area contributed by atoms with Gasteiger partial charge in [0, 0.05) is 12.1 Å². The number of halogens is 1. The van der Waals surface area contributed by atoms with Gasteiger partial charge in [0.15, 0.2) is 0 Å². The topological polar surface area (TPSA) is 12.0 Å². The summed E-state index contributed by atoms with van der Waals surface area (Å²) in [6.07, 6.45) is 2.29. The summed E-state index contributed by atoms with van der Waals surface area (Å²) in [7, 11) is 0. The second-order valence-corrected chi connectivity index (χ2v) is 5.73. The van der Waals surface area contributed by atoms with Gasteiger partial charge in [-0.25, -0.2) is 4.39 Å². The molecule has 20 heavy (non-hydrogen) atoms. The zero-order chi connectivity index (χ0) is 14.1. The maximum atomic E-state index is 13.0. The highest BCUT2D eigenvalue weighted by atomic mass is 19.1. The maximum Gasteiger partial charge on any atom is 0.123 e. The molecule has 2 aromatic carbocycles. The summed E-state index contributed by atoms with van der Waals surface area (Å²) in [4.78, 5) is 0. The van der Waals surface area contributed by atoms with E-state index in [2.05, 4.69) is 37.4 Å². The molecule has 1 aliphatic rings. The number of aryl methyl sites for hydroxylation is 2. The molecule has 0 saturated carbocycles. The van der Waals surface area contributed by atoms with Crippen molar-refractivity contribution >= 4 is 0 Å². The van der Waals surface area contributed by atoms with Crippen molar-refractivity contribution in [3.63, 3.8) is 0 Å². The van der Waals surface area contributed by atoms with Gasteiger partial charge in [0.1, 0.15) is 5.82 Å². The van der Waals surface area contributed by atoms with Crippen molar-refractivity contribution in [2.24, 2.45) is 0 Å². The van der Waals surface area contributed by atoms with E-state index in [9.17, 15) is 4.39 Å². The lowest BCUT2D eigenvalue weighted by atomic mass is 10.0. The van der Waals surface area contributed by atoms with Crippen LogP contribution >= 0.6 is 0 Å². The van der Waals surface area contributed by atoms with Crippen LogP contribution in [0, 0.1) is 12.7 Å². The van der Waals surface area contributed by atoms with Crippen LogP contribution in [0.5, 0.6) is 0 Å². The molecule has 0 spiro atoms. The summed E-state index contributed by atoms with van der Waals surface area (Å²) in [6, 6.07) is 14.1. The van der Waals surface area contributed by atoms with Crippen LogP contribution in [-0.2, 0) is 6.42 Å². The first-order chi connectivity index (χ1) is 9.63. The minimum atomic E-state index is -0.178. The molecule has 0 aromatic heterocycles. The fourth-order valence-corrected chi connectivity index (χ4v) is 3.04. The van der Waals surface area contributed by atoms with Crippen LogP contribution < -0.4 is 5.32 Å². The molecule has 0 fully saturated rings. The Bertz CT molecular complexity index is 603. The van der Waals surface area contributed by atoms with E-state index >= 15 is 0 Å². The van der Waals surface area contributed by atoms with Crippen molar-refractivity contribution in [2.45, 2.75) is 38.8 Å². The first-order valence-corrected chi connectivity index (χ1v) is 7.24. The van der Waals surface area contributed by atoms with Gasteiger partial charge in [-0.3, -0.25) is 0 Å². The number of hydrogen-bond donors (Lipinski definition) is 1. The third kappa shape index (κ3) is 2.61. The Hall–Kier alpha value is -1.67. The molecule has 0 bridgehead atoms. The Morgan fingerprint density at radius 1 is 1.15 bits per heavy atom. The van der Waals surface area contributed by atoms with Crippen LogP contribution in [0.4, 0.5) is 4.39 Å². The molecule has 3 rings (SSSR count). The minimum Gasteiger partial charge on any atom is -0.303 e. The highest BCUT2D eigenvalue weighted by molar-refractivity contribution is 5.38. The van der Waals surface area contributed by atoms with Gasteiger partial charge in [-0.05, 0) is 55.5 Å². The van der Waals surface area contributed by atoms with E-state index < -0.39 is 0 Å². The molecular formula is C18H20FN. The van der Waals surface area contributed by atoms with Gasteiger partial charge in [-0.15, -0.1) is 0 Å². The number of benzene rings is 2. The van der Waals surface area contributed by atoms with Gasteiger partial charge in [0.2, 0.25) is 0 Å². The Labute approximate surface area is 119 Å². The van der Waals surface area contributed by atoms with Crippen molar-refractivity contribution in [3.05, 3.63) is 70.5 Å². The smallest absolute Gasteiger partial charge is 0.123 e. The molecule has 2 aromatic rings. The first-order valence-electron chi connectivity index (χ1n) is 7.24. The molecule has 0 saturated heterocycles. The number of fused-ring (bicyclic) bond motifs is 1. The van der Waals surface area contributed by atoms with Crippen molar-refractivity contribution in [1.82, 2.24) is 5.32 Å². The Morgan fingerprint density at radius 3 is 2.65 bits per heavy atom. The summed E-state index contributed by atoms with van der Waals surface area (Å²) >= 11 is 0. The zero-order valence-electron chi connectivity index (χ0n) is 12.0. The number of rotatable bonds is 3. The van der Waals surface area contributed by atoms with Crippen LogP contribution in [-0.4, -0.2) is 0 Å². The zero-order valence-corrected chi connectivity index (χ0v) is 12.0. The maximum absolute atomic E-state index is 13.0. The van der Waals surface area contributed by atoms with Crippen molar-refractivity contribution in [2.75, 3.05) is 0 Å². The van der Waals surface area contributed by atoms with Crippen LogP contribution in [0.2, 0.25) is 0 Å². The Balaban J connectivity index is 1.76. The second kappa shape index (κ2) is 5.37. The van der Waals surface area contributed by atoms with Crippen molar-refractivity contribution in [3.8, 4) is 0 Å². The molecular weight excluding hydrogens is 249 g/mol. The molecule has 1 nitrogen and oxygen atoms in total. The highest BCUT2D eigenvalue weighted by Crippen LogP contribution is 2.33. The van der Waals surface area contributed by atoms with E-state index in [1.54, 1.807) is 0 Å². The molecule has 0 radical (unpaired) electrons. The van der Waals surface area contributed by atoms with Gasteiger partial charge in [0.25, 0.3) is 0 Å². The van der Waals surface area contributed by atoms with Crippen molar-refractivity contribution < 1.29 is 4.39 Å². The van der Waals surface area contributed by atoms with E-state index in [0.717, 1.165) is 18.4 Å². The third-order valence-electron chi connectivity index (χ3n) is 4.20. The fraction of sp³-hybridized carbons (Fsp3) is 0.333. The van der Waals surface area contributed by atoms with E-state index in [4.69, 9.17) is 0 Å². The van der Waals surface area contributed by atoms with Gasteiger partial charge < -0.3 is 5.32 Å². The monoisotopic (exact) mass is 269 g/mol. The summed E-state index contributed by atoms with van der Waals surface area (Å²) < 4.78 is 13.0. The third-order valence-corrected chi connectivity index (χ3v) is 4.20. The SMILES string of the molecule is Cc1ccc2c(c1)C(N[C@H](C)c1ccc(F)cc1)CC2. The lowest BCUT2D eigenvalue weighted by Gasteiger charge is -2.21. The minimum absolute atomic E-state index is 0.178. The van der Waals surface area contributed by atoms with Gasteiger partial charge in [0.05, 0.1) is 0 Å². The highest BCUT2D eigenvalue weighted by Gasteiger charge is 2.23. The molecule has 1 unspecified atom stereocenters. The number of nitrogens with one attached hydrogen (secondary N) is 1. The molecule has 1 aliphatic carbocycles. The fourth-order valence-electron chi connectivity index (χ4n) is 3.04. The summed E-state index contributed by atoms with van der Waals surface area (Å²) in [5, 5.41) is 3.68. The molecule has 0 amide bonds. The van der Waals surface area contributed by atoms with Crippen LogP contribution in [0.25, 0.3) is 0 Å². The summed E-state index contributed by atoms with van der Waals surface area (Å²) in [5.74, 6) is -0.178. The lowest BCUT2D eigenvalue weighted by molar-refractivity contribution is 0.464. The standard InChI is InChI=1S/C18H20FN/c1-12-3-4-15-7-10-18(17(15)11-12)20-13(2)14-5-8-16(19)9-6-14/h3-6,8-9,11,13,18,20H,7,10H2,1-2H3/t13-,18?/m1/s1. The molecule has 0 aliphatic heterocycles. The number of hydrogen-bond acceptors (Lipinski definition) is 1. The van der Waals surface area contributed by atoms with Crippen LogP contribution in [0.15, 0.2) is 42.5 Å². The van der Waals surface area contributed by atoms with Gasteiger partial charge in [-0.2, -0.15) is 0 Å².